The fourth-order valence-corrected chi connectivity index (χ4v) is 2.52. The number of carboxylic acids is 1. The molecule has 0 rings (SSSR count). The zero-order valence-electron chi connectivity index (χ0n) is 13.1. The van der Waals surface area contributed by atoms with Crippen LogP contribution in [0.5, 0.6) is 0 Å². The van der Waals surface area contributed by atoms with E-state index in [0.29, 0.717) is 24.3 Å². The Morgan fingerprint density at radius 1 is 1.00 bits per heavy atom. The van der Waals surface area contributed by atoms with Gasteiger partial charge >= 0.3 is 5.97 Å². The molecule has 128 valence electrons. The Bertz CT molecular complexity index is 380. The van der Waals surface area contributed by atoms with Gasteiger partial charge in [0.25, 0.3) is 0 Å². The van der Waals surface area contributed by atoms with Crippen molar-refractivity contribution in [2.24, 2.45) is 5.73 Å². The first-order valence-corrected chi connectivity index (χ1v) is 9.69. The number of hydrogen-bond donors (Lipinski definition) is 4. The minimum Gasteiger partial charge on any atom is -0.480 e. The first-order valence-electron chi connectivity index (χ1n) is 6.90. The lowest BCUT2D eigenvalue weighted by Crippen LogP contribution is -2.54. The van der Waals surface area contributed by atoms with Gasteiger partial charge in [0.2, 0.25) is 11.8 Å². The fraction of sp³-hybridized carbons (Fsp3) is 0.769. The summed E-state index contributed by atoms with van der Waals surface area (Å²) in [6, 6.07) is -2.46. The van der Waals surface area contributed by atoms with Crippen LogP contribution in [0.15, 0.2) is 0 Å². The Morgan fingerprint density at radius 2 is 1.45 bits per heavy atom. The maximum absolute atomic E-state index is 12.2. The van der Waals surface area contributed by atoms with Gasteiger partial charge in [-0.05, 0) is 43.8 Å². The third kappa shape index (κ3) is 8.50. The van der Waals surface area contributed by atoms with E-state index in [0.717, 1.165) is 0 Å². The summed E-state index contributed by atoms with van der Waals surface area (Å²) in [5.74, 6) is -0.711. The van der Waals surface area contributed by atoms with E-state index in [-0.39, 0.29) is 0 Å². The lowest BCUT2D eigenvalue weighted by Gasteiger charge is -2.22. The highest BCUT2D eigenvalue weighted by atomic mass is 32.2. The lowest BCUT2D eigenvalue weighted by molar-refractivity contribution is -0.142. The number of nitrogens with two attached hydrogens (primary N) is 1. The van der Waals surface area contributed by atoms with Crippen LogP contribution >= 0.6 is 23.5 Å². The third-order valence-electron chi connectivity index (χ3n) is 2.88. The van der Waals surface area contributed by atoms with E-state index >= 15 is 0 Å². The van der Waals surface area contributed by atoms with Gasteiger partial charge in [-0.15, -0.1) is 0 Å². The van der Waals surface area contributed by atoms with Crippen LogP contribution in [0.2, 0.25) is 0 Å². The number of rotatable bonds is 11. The predicted octanol–water partition coefficient (Wildman–Crippen LogP) is -0.106. The molecule has 0 saturated heterocycles. The summed E-state index contributed by atoms with van der Waals surface area (Å²) in [6.07, 6.45) is 4.50. The molecule has 2 amide bonds. The monoisotopic (exact) mass is 351 g/mol. The van der Waals surface area contributed by atoms with Crippen LogP contribution in [0.3, 0.4) is 0 Å². The van der Waals surface area contributed by atoms with Crippen LogP contribution < -0.4 is 16.4 Å². The van der Waals surface area contributed by atoms with Crippen molar-refractivity contribution in [2.75, 3.05) is 24.0 Å². The van der Waals surface area contributed by atoms with Crippen LogP contribution in [0, 0.1) is 0 Å². The number of carbonyl (C=O) groups is 3. The zero-order chi connectivity index (χ0) is 17.1. The normalized spacial score (nSPS) is 14.7. The van der Waals surface area contributed by atoms with Crippen molar-refractivity contribution in [3.8, 4) is 0 Å². The number of nitrogens with one attached hydrogen (secondary N) is 2. The molecular formula is C13H25N3O4S2. The Balaban J connectivity index is 4.77. The van der Waals surface area contributed by atoms with Crippen LogP contribution in [-0.4, -0.2) is 65.0 Å². The van der Waals surface area contributed by atoms with Gasteiger partial charge in [-0.25, -0.2) is 4.79 Å². The van der Waals surface area contributed by atoms with Crippen molar-refractivity contribution in [1.29, 1.82) is 0 Å². The SMILES string of the molecule is CSCC[C@H](NC(=O)[C@H](CCSC)NC(=O)[C@H](C)N)C(=O)O. The number of amides is 2. The number of hydrogen-bond acceptors (Lipinski definition) is 6. The standard InChI is InChI=1S/C13H25N3O4S2/c1-8(14)11(17)15-9(4-6-21-2)12(18)16-10(13(19)20)5-7-22-3/h8-10H,4-7,14H2,1-3H3,(H,15,17)(H,16,18)(H,19,20)/t8-,9-,10-/m0/s1. The molecule has 0 bridgehead atoms. The molecule has 0 radical (unpaired) electrons. The molecule has 0 aliphatic heterocycles. The van der Waals surface area contributed by atoms with Gasteiger partial charge in [0.05, 0.1) is 6.04 Å². The highest BCUT2D eigenvalue weighted by Crippen LogP contribution is 2.05. The van der Waals surface area contributed by atoms with Crippen molar-refractivity contribution in [3.63, 3.8) is 0 Å². The van der Waals surface area contributed by atoms with Crippen molar-refractivity contribution >= 4 is 41.3 Å². The second-order valence-electron chi connectivity index (χ2n) is 4.81. The Labute approximate surface area is 139 Å². The number of thioether (sulfide) groups is 2. The van der Waals surface area contributed by atoms with E-state index in [2.05, 4.69) is 10.6 Å². The second kappa shape index (κ2) is 11.6. The lowest BCUT2D eigenvalue weighted by atomic mass is 10.1. The van der Waals surface area contributed by atoms with Gasteiger partial charge in [-0.1, -0.05) is 0 Å². The van der Waals surface area contributed by atoms with Crippen molar-refractivity contribution in [3.05, 3.63) is 0 Å². The van der Waals surface area contributed by atoms with E-state index in [9.17, 15) is 14.4 Å². The first-order chi connectivity index (χ1) is 10.3. The number of carbonyl (C=O) groups excluding carboxylic acids is 2. The molecule has 7 nitrogen and oxygen atoms in total. The van der Waals surface area contributed by atoms with E-state index in [1.807, 2.05) is 12.5 Å². The zero-order valence-corrected chi connectivity index (χ0v) is 14.8. The minimum atomic E-state index is -1.08. The highest BCUT2D eigenvalue weighted by molar-refractivity contribution is 7.98. The molecule has 0 aliphatic carbocycles. The largest absolute Gasteiger partial charge is 0.480 e. The first kappa shape index (κ1) is 21.1. The number of carboxylic acid groups (broad SMARTS) is 1. The molecule has 3 atom stereocenters. The second-order valence-corrected chi connectivity index (χ2v) is 6.78. The molecule has 5 N–H and O–H groups in total. The molecular weight excluding hydrogens is 326 g/mol. The van der Waals surface area contributed by atoms with Gasteiger partial charge in [0.1, 0.15) is 12.1 Å². The molecule has 22 heavy (non-hydrogen) atoms. The summed E-state index contributed by atoms with van der Waals surface area (Å²) in [4.78, 5) is 35.1. The molecule has 0 fully saturated rings. The summed E-state index contributed by atoms with van der Waals surface area (Å²) >= 11 is 3.05. The van der Waals surface area contributed by atoms with E-state index in [1.165, 1.54) is 30.4 Å². The van der Waals surface area contributed by atoms with Gasteiger partial charge in [0, 0.05) is 0 Å². The van der Waals surface area contributed by atoms with E-state index < -0.39 is 35.9 Å². The molecule has 9 heteroatoms. The average molecular weight is 351 g/mol. The molecule has 0 heterocycles. The summed E-state index contributed by atoms with van der Waals surface area (Å²) in [5.41, 5.74) is 5.48. The van der Waals surface area contributed by atoms with Gasteiger partial charge < -0.3 is 21.5 Å². The van der Waals surface area contributed by atoms with Gasteiger partial charge in [-0.2, -0.15) is 23.5 Å². The van der Waals surface area contributed by atoms with E-state index in [1.54, 1.807) is 0 Å². The topological polar surface area (TPSA) is 122 Å². The third-order valence-corrected chi connectivity index (χ3v) is 4.17. The molecule has 0 aliphatic rings. The maximum Gasteiger partial charge on any atom is 0.326 e. The summed E-state index contributed by atoms with van der Waals surface area (Å²) in [5, 5.41) is 14.2. The Hall–Kier alpha value is -0.930. The molecule has 0 aromatic carbocycles. The van der Waals surface area contributed by atoms with Crippen LogP contribution in [-0.2, 0) is 14.4 Å². The predicted molar refractivity (Wildman–Crippen MR) is 91.1 cm³/mol. The Morgan fingerprint density at radius 3 is 1.86 bits per heavy atom. The van der Waals surface area contributed by atoms with Crippen LogP contribution in [0.4, 0.5) is 0 Å². The smallest absolute Gasteiger partial charge is 0.326 e. The molecule has 0 saturated carbocycles. The molecule has 0 aromatic rings. The van der Waals surface area contributed by atoms with Crippen LogP contribution in [0.25, 0.3) is 0 Å². The van der Waals surface area contributed by atoms with Crippen molar-refractivity contribution in [1.82, 2.24) is 10.6 Å². The highest BCUT2D eigenvalue weighted by Gasteiger charge is 2.26. The summed E-state index contributed by atoms with van der Waals surface area (Å²) in [6.45, 7) is 1.53. The maximum atomic E-state index is 12.2. The summed E-state index contributed by atoms with van der Waals surface area (Å²) < 4.78 is 0. The van der Waals surface area contributed by atoms with Crippen molar-refractivity contribution < 1.29 is 19.5 Å². The minimum absolute atomic E-state index is 0.332. The van der Waals surface area contributed by atoms with Crippen LogP contribution in [0.1, 0.15) is 19.8 Å². The fourth-order valence-electron chi connectivity index (χ4n) is 1.57. The quantitative estimate of drug-likeness (QED) is 0.410. The molecule has 0 unspecified atom stereocenters. The van der Waals surface area contributed by atoms with Crippen molar-refractivity contribution in [2.45, 2.75) is 37.9 Å². The van der Waals surface area contributed by atoms with E-state index in [4.69, 9.17) is 10.8 Å². The summed E-state index contributed by atoms with van der Waals surface area (Å²) in [7, 11) is 0. The van der Waals surface area contributed by atoms with Gasteiger partial charge in [-0.3, -0.25) is 9.59 Å². The molecule has 0 spiro atoms. The molecule has 0 aromatic heterocycles. The Kier molecular flexibility index (Phi) is 11.1. The average Bonchev–Trinajstić information content (AvgIpc) is 2.46. The van der Waals surface area contributed by atoms with Gasteiger partial charge in [0.15, 0.2) is 0 Å². The number of aliphatic carboxylic acids is 1.